The van der Waals surface area contributed by atoms with Crippen LogP contribution in [0.15, 0.2) is 48.5 Å². The number of amides is 1. The number of rotatable bonds is 8. The number of ether oxygens (including phenoxy) is 1. The van der Waals surface area contributed by atoms with E-state index < -0.39 is 16.1 Å². The fraction of sp³-hybridized carbons (Fsp3) is 0.435. The van der Waals surface area contributed by atoms with Crippen LogP contribution in [0.2, 0.25) is 10.0 Å². The molecule has 1 saturated heterocycles. The summed E-state index contributed by atoms with van der Waals surface area (Å²) in [6, 6.07) is 13.7. The van der Waals surface area contributed by atoms with E-state index in [0.717, 1.165) is 29.0 Å². The van der Waals surface area contributed by atoms with E-state index in [2.05, 4.69) is 17.4 Å². The summed E-state index contributed by atoms with van der Waals surface area (Å²) in [5, 5.41) is 3.56. The Morgan fingerprint density at radius 2 is 1.78 bits per heavy atom. The molecule has 1 amide bonds. The Kier molecular flexibility index (Phi) is 8.09. The number of carbonyl (C=O) groups is 1. The van der Waals surface area contributed by atoms with Gasteiger partial charge in [0.2, 0.25) is 15.9 Å². The zero-order valence-electron chi connectivity index (χ0n) is 18.2. The zero-order chi connectivity index (χ0) is 23.4. The van der Waals surface area contributed by atoms with Crippen molar-refractivity contribution in [3.63, 3.8) is 0 Å². The minimum atomic E-state index is -3.76. The second-order valence-corrected chi connectivity index (χ2v) is 10.7. The molecule has 1 aliphatic rings. The summed E-state index contributed by atoms with van der Waals surface area (Å²) >= 11 is 12.1. The summed E-state index contributed by atoms with van der Waals surface area (Å²) in [7, 11) is -3.76. The first-order valence-corrected chi connectivity index (χ1v) is 13.1. The molecule has 0 aliphatic carbocycles. The molecule has 0 spiro atoms. The van der Waals surface area contributed by atoms with Crippen LogP contribution >= 0.6 is 23.2 Å². The van der Waals surface area contributed by atoms with Crippen molar-refractivity contribution in [2.45, 2.75) is 37.6 Å². The van der Waals surface area contributed by atoms with E-state index in [-0.39, 0.29) is 16.3 Å². The standard InChI is InChI=1S/C23H28Cl2N2O4S/c1-3-21(27(32(2,29)30)18-9-10-19(24)20(25)15-18)22(28)26-16-23(11-13-31-14-12-23)17-7-5-4-6-8-17/h4-10,15,21H,3,11-14,16H2,1-2H3,(H,26,28). The van der Waals surface area contributed by atoms with Crippen LogP contribution in [0.1, 0.15) is 31.7 Å². The lowest BCUT2D eigenvalue weighted by atomic mass is 9.74. The normalized spacial score (nSPS) is 16.9. The quantitative estimate of drug-likeness (QED) is 0.584. The topological polar surface area (TPSA) is 75.7 Å². The van der Waals surface area contributed by atoms with Crippen molar-refractivity contribution in [3.8, 4) is 0 Å². The van der Waals surface area contributed by atoms with Crippen molar-refractivity contribution in [2.75, 3.05) is 30.3 Å². The highest BCUT2D eigenvalue weighted by Gasteiger charge is 2.37. The van der Waals surface area contributed by atoms with Crippen molar-refractivity contribution < 1.29 is 17.9 Å². The van der Waals surface area contributed by atoms with Crippen LogP contribution < -0.4 is 9.62 Å². The monoisotopic (exact) mass is 498 g/mol. The van der Waals surface area contributed by atoms with E-state index in [9.17, 15) is 13.2 Å². The second kappa shape index (κ2) is 10.4. The predicted molar refractivity (Wildman–Crippen MR) is 129 cm³/mol. The molecule has 1 atom stereocenters. The van der Waals surface area contributed by atoms with Crippen LogP contribution in [0.4, 0.5) is 5.69 Å². The first kappa shape index (κ1) is 24.8. The van der Waals surface area contributed by atoms with Crippen LogP contribution in [-0.2, 0) is 25.0 Å². The summed E-state index contributed by atoms with van der Waals surface area (Å²) < 4.78 is 32.0. The molecule has 1 aliphatic heterocycles. The van der Waals surface area contributed by atoms with Crippen molar-refractivity contribution >= 4 is 44.8 Å². The zero-order valence-corrected chi connectivity index (χ0v) is 20.5. The second-order valence-electron chi connectivity index (χ2n) is 8.06. The van der Waals surface area contributed by atoms with Gasteiger partial charge in [-0.3, -0.25) is 9.10 Å². The Morgan fingerprint density at radius 3 is 2.34 bits per heavy atom. The number of nitrogens with zero attached hydrogens (tertiary/aromatic N) is 1. The maximum Gasteiger partial charge on any atom is 0.243 e. The summed E-state index contributed by atoms with van der Waals surface area (Å²) in [5.74, 6) is -0.356. The van der Waals surface area contributed by atoms with Gasteiger partial charge >= 0.3 is 0 Å². The van der Waals surface area contributed by atoms with Crippen molar-refractivity contribution in [1.29, 1.82) is 0 Å². The third-order valence-electron chi connectivity index (χ3n) is 5.92. The van der Waals surface area contributed by atoms with E-state index in [0.29, 0.717) is 36.9 Å². The van der Waals surface area contributed by atoms with E-state index in [1.165, 1.54) is 12.1 Å². The summed E-state index contributed by atoms with van der Waals surface area (Å²) in [6.07, 6.45) is 2.92. The van der Waals surface area contributed by atoms with Crippen molar-refractivity contribution in [2.24, 2.45) is 0 Å². The minimum Gasteiger partial charge on any atom is -0.381 e. The molecule has 0 saturated carbocycles. The Labute approximate surface area is 199 Å². The fourth-order valence-corrected chi connectivity index (χ4v) is 5.67. The van der Waals surface area contributed by atoms with E-state index >= 15 is 0 Å². The minimum absolute atomic E-state index is 0.221. The highest BCUT2D eigenvalue weighted by molar-refractivity contribution is 7.92. The lowest BCUT2D eigenvalue weighted by molar-refractivity contribution is -0.122. The van der Waals surface area contributed by atoms with E-state index in [4.69, 9.17) is 27.9 Å². The molecule has 32 heavy (non-hydrogen) atoms. The van der Waals surface area contributed by atoms with Gasteiger partial charge < -0.3 is 10.1 Å². The average molecular weight is 499 g/mol. The number of benzene rings is 2. The highest BCUT2D eigenvalue weighted by atomic mass is 35.5. The molecule has 2 aromatic carbocycles. The number of hydrogen-bond acceptors (Lipinski definition) is 4. The summed E-state index contributed by atoms with van der Waals surface area (Å²) in [5.41, 5.74) is 1.18. The number of anilines is 1. The molecule has 174 valence electrons. The van der Waals surface area contributed by atoms with Gasteiger partial charge in [0.15, 0.2) is 0 Å². The van der Waals surface area contributed by atoms with Gasteiger partial charge in [-0.2, -0.15) is 0 Å². The largest absolute Gasteiger partial charge is 0.381 e. The van der Waals surface area contributed by atoms with Crippen LogP contribution in [0.5, 0.6) is 0 Å². The van der Waals surface area contributed by atoms with Crippen LogP contribution in [0.25, 0.3) is 0 Å². The maximum atomic E-state index is 13.3. The van der Waals surface area contributed by atoms with Crippen molar-refractivity contribution in [3.05, 3.63) is 64.1 Å². The molecule has 1 heterocycles. The van der Waals surface area contributed by atoms with Gasteiger partial charge in [-0.1, -0.05) is 60.5 Å². The van der Waals surface area contributed by atoms with Gasteiger partial charge in [0.05, 0.1) is 22.0 Å². The molecule has 2 aromatic rings. The average Bonchev–Trinajstić information content (AvgIpc) is 2.78. The molecule has 3 rings (SSSR count). The van der Waals surface area contributed by atoms with Gasteiger partial charge in [0, 0.05) is 25.2 Å². The number of halogens is 2. The maximum absolute atomic E-state index is 13.3. The molecule has 1 unspecified atom stereocenters. The van der Waals surface area contributed by atoms with E-state index in [1.54, 1.807) is 13.0 Å². The molecule has 0 bridgehead atoms. The molecule has 9 heteroatoms. The summed E-state index contributed by atoms with van der Waals surface area (Å²) in [4.78, 5) is 13.3. The molecular formula is C23H28Cl2N2O4S. The Bertz CT molecular complexity index is 1040. The molecule has 0 radical (unpaired) electrons. The van der Waals surface area contributed by atoms with E-state index in [1.807, 2.05) is 18.2 Å². The predicted octanol–water partition coefficient (Wildman–Crippen LogP) is 4.40. The number of hydrogen-bond donors (Lipinski definition) is 1. The molecular weight excluding hydrogens is 471 g/mol. The third-order valence-corrected chi connectivity index (χ3v) is 7.84. The molecule has 1 fully saturated rings. The Morgan fingerprint density at radius 1 is 1.12 bits per heavy atom. The van der Waals surface area contributed by atoms with Gasteiger partial charge in [-0.25, -0.2) is 8.42 Å². The SMILES string of the molecule is CCC(C(=O)NCC1(c2ccccc2)CCOCC1)N(c1ccc(Cl)c(Cl)c1)S(C)(=O)=O. The molecule has 0 aromatic heterocycles. The van der Waals surface area contributed by atoms with Crippen LogP contribution in [-0.4, -0.2) is 46.4 Å². The number of nitrogens with one attached hydrogen (secondary N) is 1. The van der Waals surface area contributed by atoms with Gasteiger partial charge in [0.25, 0.3) is 0 Å². The Hall–Kier alpha value is -1.80. The third kappa shape index (κ3) is 5.57. The number of sulfonamides is 1. The molecule has 6 nitrogen and oxygen atoms in total. The van der Waals surface area contributed by atoms with Gasteiger partial charge in [-0.15, -0.1) is 0 Å². The lowest BCUT2D eigenvalue weighted by Gasteiger charge is -2.39. The number of carbonyl (C=O) groups excluding carboxylic acids is 1. The van der Waals surface area contributed by atoms with Crippen LogP contribution in [0, 0.1) is 0 Å². The summed E-state index contributed by atoms with van der Waals surface area (Å²) in [6.45, 7) is 3.40. The first-order valence-electron chi connectivity index (χ1n) is 10.5. The fourth-order valence-electron chi connectivity index (χ4n) is 4.18. The first-order chi connectivity index (χ1) is 15.2. The Balaban J connectivity index is 1.86. The van der Waals surface area contributed by atoms with Gasteiger partial charge in [-0.05, 0) is 43.0 Å². The lowest BCUT2D eigenvalue weighted by Crippen LogP contribution is -2.52. The van der Waals surface area contributed by atoms with Gasteiger partial charge in [0.1, 0.15) is 6.04 Å². The van der Waals surface area contributed by atoms with Crippen LogP contribution in [0.3, 0.4) is 0 Å². The highest BCUT2D eigenvalue weighted by Crippen LogP contribution is 2.35. The van der Waals surface area contributed by atoms with Crippen molar-refractivity contribution in [1.82, 2.24) is 5.32 Å². The smallest absolute Gasteiger partial charge is 0.243 e. The molecule has 1 N–H and O–H groups in total.